The number of nitrogens with one attached hydrogen (secondary N) is 2. The zero-order valence-electron chi connectivity index (χ0n) is 18.6. The number of benzene rings is 1. The van der Waals surface area contributed by atoms with E-state index in [9.17, 15) is 30.8 Å². The summed E-state index contributed by atoms with van der Waals surface area (Å²) in [4.78, 5) is 15.9. The summed E-state index contributed by atoms with van der Waals surface area (Å²) in [5.41, 5.74) is -0.558. The highest BCUT2D eigenvalue weighted by Gasteiger charge is 2.32. The van der Waals surface area contributed by atoms with Crippen molar-refractivity contribution < 1.29 is 30.8 Å². The number of alkyl halides is 3. The number of halogens is 4. The number of sulfonamides is 1. The van der Waals surface area contributed by atoms with Crippen LogP contribution in [0.25, 0.3) is 6.08 Å². The molecule has 182 valence electrons. The highest BCUT2D eigenvalue weighted by Crippen LogP contribution is 2.29. The Labute approximate surface area is 195 Å². The molecular formula is C23H23F4N3O3S. The molecule has 34 heavy (non-hydrogen) atoms. The van der Waals surface area contributed by atoms with E-state index in [4.69, 9.17) is 6.42 Å². The Balaban J connectivity index is 2.17. The number of hydrogen-bond acceptors (Lipinski definition) is 4. The summed E-state index contributed by atoms with van der Waals surface area (Å²) in [6.45, 7) is 3.54. The van der Waals surface area contributed by atoms with Crippen LogP contribution in [0.5, 0.6) is 0 Å². The summed E-state index contributed by atoms with van der Waals surface area (Å²) >= 11 is 0. The van der Waals surface area contributed by atoms with Crippen molar-refractivity contribution >= 4 is 27.7 Å². The maximum absolute atomic E-state index is 14.4. The van der Waals surface area contributed by atoms with E-state index in [2.05, 4.69) is 16.2 Å². The smallest absolute Gasteiger partial charge is 0.348 e. The van der Waals surface area contributed by atoms with Crippen molar-refractivity contribution in [3.05, 3.63) is 64.2 Å². The minimum atomic E-state index is -4.58. The first-order chi connectivity index (χ1) is 15.7. The molecule has 2 N–H and O–H groups in total. The van der Waals surface area contributed by atoms with E-state index >= 15 is 0 Å². The van der Waals surface area contributed by atoms with Gasteiger partial charge in [-0.05, 0) is 47.7 Å². The number of anilines is 1. The average Bonchev–Trinajstić information content (AvgIpc) is 2.70. The van der Waals surface area contributed by atoms with Crippen LogP contribution in [0.15, 0.2) is 30.3 Å². The Morgan fingerprint density at radius 2 is 1.94 bits per heavy atom. The van der Waals surface area contributed by atoms with Crippen molar-refractivity contribution in [2.45, 2.75) is 33.0 Å². The van der Waals surface area contributed by atoms with Gasteiger partial charge in [0.25, 0.3) is 0 Å². The summed E-state index contributed by atoms with van der Waals surface area (Å²) < 4.78 is 78.1. The SMILES string of the molecule is C#Cc1cc(CNC(=O)C=Cc2ccc(C(F)(F)F)nc2CC(C)C)cc(F)c1NS(C)(=O)=O. The molecule has 0 spiro atoms. The number of amides is 1. The molecule has 0 bridgehead atoms. The van der Waals surface area contributed by atoms with E-state index < -0.39 is 33.6 Å². The van der Waals surface area contributed by atoms with Gasteiger partial charge in [-0.25, -0.2) is 17.8 Å². The number of terminal acetylenes is 1. The number of aromatic nitrogens is 1. The third-order valence-corrected chi connectivity index (χ3v) is 4.95. The van der Waals surface area contributed by atoms with Gasteiger partial charge < -0.3 is 5.32 Å². The van der Waals surface area contributed by atoms with Crippen LogP contribution in [0.4, 0.5) is 23.2 Å². The Hall–Kier alpha value is -3.39. The van der Waals surface area contributed by atoms with Gasteiger partial charge in [-0.1, -0.05) is 25.8 Å². The van der Waals surface area contributed by atoms with Crippen molar-refractivity contribution in [2.75, 3.05) is 11.0 Å². The van der Waals surface area contributed by atoms with Gasteiger partial charge in [-0.2, -0.15) is 13.2 Å². The summed E-state index contributed by atoms with van der Waals surface area (Å²) in [5.74, 6) is 0.735. The molecule has 1 aromatic heterocycles. The lowest BCUT2D eigenvalue weighted by Gasteiger charge is -2.12. The fourth-order valence-corrected chi connectivity index (χ4v) is 3.53. The van der Waals surface area contributed by atoms with Crippen LogP contribution in [0, 0.1) is 24.1 Å². The average molecular weight is 498 g/mol. The first kappa shape index (κ1) is 26.9. The minimum absolute atomic E-state index is 0.0392. The molecule has 11 heteroatoms. The molecular weight excluding hydrogens is 474 g/mol. The zero-order chi connectivity index (χ0) is 25.7. The lowest BCUT2D eigenvalue weighted by molar-refractivity contribution is -0.141. The second kappa shape index (κ2) is 10.7. The third-order valence-electron chi connectivity index (χ3n) is 4.38. The van der Waals surface area contributed by atoms with Gasteiger partial charge in [0, 0.05) is 18.3 Å². The highest BCUT2D eigenvalue weighted by molar-refractivity contribution is 7.92. The van der Waals surface area contributed by atoms with Crippen molar-refractivity contribution in [3.8, 4) is 12.3 Å². The molecule has 2 rings (SSSR count). The van der Waals surface area contributed by atoms with Gasteiger partial charge >= 0.3 is 6.18 Å². The van der Waals surface area contributed by atoms with Crippen LogP contribution >= 0.6 is 0 Å². The van der Waals surface area contributed by atoms with Gasteiger partial charge in [-0.3, -0.25) is 9.52 Å². The van der Waals surface area contributed by atoms with E-state index in [-0.39, 0.29) is 41.4 Å². The second-order valence-corrected chi connectivity index (χ2v) is 9.65. The maximum atomic E-state index is 14.4. The van der Waals surface area contributed by atoms with Crippen molar-refractivity contribution in [1.82, 2.24) is 10.3 Å². The van der Waals surface area contributed by atoms with E-state index in [1.54, 1.807) is 0 Å². The van der Waals surface area contributed by atoms with Gasteiger partial charge in [0.15, 0.2) is 0 Å². The molecule has 1 heterocycles. The summed E-state index contributed by atoms with van der Waals surface area (Å²) in [7, 11) is -3.76. The second-order valence-electron chi connectivity index (χ2n) is 7.90. The molecule has 0 radical (unpaired) electrons. The van der Waals surface area contributed by atoms with Crippen LogP contribution < -0.4 is 10.0 Å². The van der Waals surface area contributed by atoms with Crippen molar-refractivity contribution in [1.29, 1.82) is 0 Å². The van der Waals surface area contributed by atoms with E-state index in [0.29, 0.717) is 5.56 Å². The Morgan fingerprint density at radius 3 is 2.50 bits per heavy atom. The lowest BCUT2D eigenvalue weighted by Crippen LogP contribution is -2.21. The molecule has 0 unspecified atom stereocenters. The molecule has 1 amide bonds. The molecule has 1 aromatic carbocycles. The molecule has 0 aliphatic carbocycles. The topological polar surface area (TPSA) is 88.2 Å². The van der Waals surface area contributed by atoms with E-state index in [1.165, 1.54) is 18.2 Å². The molecule has 0 aliphatic heterocycles. The van der Waals surface area contributed by atoms with Crippen molar-refractivity contribution in [3.63, 3.8) is 0 Å². The lowest BCUT2D eigenvalue weighted by atomic mass is 10.0. The number of nitrogens with zero attached hydrogens (tertiary/aromatic N) is 1. The number of carbonyl (C=O) groups excluding carboxylic acids is 1. The normalized spacial score (nSPS) is 12.1. The fourth-order valence-electron chi connectivity index (χ4n) is 2.95. The van der Waals surface area contributed by atoms with Gasteiger partial charge in [0.2, 0.25) is 15.9 Å². The van der Waals surface area contributed by atoms with E-state index in [1.807, 2.05) is 18.6 Å². The first-order valence-electron chi connectivity index (χ1n) is 9.99. The largest absolute Gasteiger partial charge is 0.433 e. The van der Waals surface area contributed by atoms with Crippen LogP contribution in [0.3, 0.4) is 0 Å². The molecule has 2 aromatic rings. The molecule has 0 aliphatic rings. The van der Waals surface area contributed by atoms with Gasteiger partial charge in [0.05, 0.1) is 17.5 Å². The zero-order valence-corrected chi connectivity index (χ0v) is 19.4. The monoisotopic (exact) mass is 497 g/mol. The quantitative estimate of drug-likeness (QED) is 0.326. The molecule has 0 saturated carbocycles. The Morgan fingerprint density at radius 1 is 1.26 bits per heavy atom. The summed E-state index contributed by atoms with van der Waals surface area (Å²) in [5, 5.41) is 2.51. The van der Waals surface area contributed by atoms with Crippen molar-refractivity contribution in [2.24, 2.45) is 5.92 Å². The van der Waals surface area contributed by atoms with Crippen LogP contribution in [-0.2, 0) is 34.0 Å². The third kappa shape index (κ3) is 7.88. The molecule has 0 fully saturated rings. The van der Waals surface area contributed by atoms with Gasteiger partial charge in [-0.15, -0.1) is 6.42 Å². The predicted molar refractivity (Wildman–Crippen MR) is 121 cm³/mol. The van der Waals surface area contributed by atoms with E-state index in [0.717, 1.165) is 24.5 Å². The van der Waals surface area contributed by atoms with Crippen LogP contribution in [-0.4, -0.2) is 25.6 Å². The Kier molecular flexibility index (Phi) is 8.45. The summed E-state index contributed by atoms with van der Waals surface area (Å²) in [6.07, 6.45) is 4.38. The fraction of sp³-hybridized carbons (Fsp3) is 0.304. The number of rotatable bonds is 8. The van der Waals surface area contributed by atoms with Crippen LogP contribution in [0.1, 0.15) is 41.9 Å². The molecule has 0 atom stereocenters. The number of carbonyl (C=O) groups is 1. The highest BCUT2D eigenvalue weighted by atomic mass is 32.2. The molecule has 0 saturated heterocycles. The minimum Gasteiger partial charge on any atom is -0.348 e. The Bertz CT molecular complexity index is 1250. The maximum Gasteiger partial charge on any atom is 0.433 e. The molecule has 6 nitrogen and oxygen atoms in total. The predicted octanol–water partition coefficient (Wildman–Crippen LogP) is 4.12. The first-order valence-corrected chi connectivity index (χ1v) is 11.9. The van der Waals surface area contributed by atoms with Gasteiger partial charge in [0.1, 0.15) is 11.5 Å². The standard InChI is InChI=1S/C23H23F4N3O3S/c1-5-16-11-15(12-18(24)22(16)30-34(4,32)33)13-28-21(31)9-7-17-6-8-20(23(25,26)27)29-19(17)10-14(2)3/h1,6-9,11-12,14,30H,10,13H2,2-4H3,(H,28,31). The number of hydrogen-bond donors (Lipinski definition) is 2. The summed E-state index contributed by atoms with van der Waals surface area (Å²) in [6, 6.07) is 4.47. The number of pyridine rings is 1. The van der Waals surface area contributed by atoms with Crippen LogP contribution in [0.2, 0.25) is 0 Å².